The van der Waals surface area contributed by atoms with E-state index in [1.807, 2.05) is 6.92 Å². The first-order chi connectivity index (χ1) is 12.2. The monoisotopic (exact) mass is 364 g/mol. The van der Waals surface area contributed by atoms with Gasteiger partial charge in [0.05, 0.1) is 17.8 Å². The Bertz CT molecular complexity index is 848. The number of carbonyl (C=O) groups excluding carboxylic acids is 2. The van der Waals surface area contributed by atoms with E-state index >= 15 is 0 Å². The summed E-state index contributed by atoms with van der Waals surface area (Å²) in [5, 5.41) is 2.53. The molecule has 136 valence electrons. The first-order valence-corrected chi connectivity index (χ1v) is 7.76. The fourth-order valence-electron chi connectivity index (χ4n) is 2.61. The highest BCUT2D eigenvalue weighted by atomic mass is 19.4. The van der Waals surface area contributed by atoms with E-state index in [2.05, 4.69) is 5.32 Å². The molecular formula is C18H15F3N2O3. The number of halogens is 3. The van der Waals surface area contributed by atoms with E-state index in [0.717, 1.165) is 17.7 Å². The number of nitrogens with zero attached hydrogens (tertiary/aromatic N) is 1. The number of carbonyl (C=O) groups is 2. The lowest BCUT2D eigenvalue weighted by Gasteiger charge is -2.29. The summed E-state index contributed by atoms with van der Waals surface area (Å²) in [5.41, 5.74) is 1.01. The van der Waals surface area contributed by atoms with E-state index in [-0.39, 0.29) is 18.8 Å². The molecule has 1 aliphatic heterocycles. The Morgan fingerprint density at radius 3 is 2.54 bits per heavy atom. The average molecular weight is 364 g/mol. The zero-order valence-electron chi connectivity index (χ0n) is 13.8. The van der Waals surface area contributed by atoms with Crippen molar-refractivity contribution in [3.8, 4) is 5.75 Å². The Morgan fingerprint density at radius 1 is 1.19 bits per heavy atom. The topological polar surface area (TPSA) is 58.6 Å². The van der Waals surface area contributed by atoms with Gasteiger partial charge in [-0.05, 0) is 48.9 Å². The van der Waals surface area contributed by atoms with E-state index in [9.17, 15) is 22.8 Å². The minimum atomic E-state index is -4.43. The molecule has 2 aromatic carbocycles. The van der Waals surface area contributed by atoms with Gasteiger partial charge in [0.25, 0.3) is 0 Å². The van der Waals surface area contributed by atoms with Crippen LogP contribution < -0.4 is 15.0 Å². The number of aryl methyl sites for hydroxylation is 1. The zero-order valence-corrected chi connectivity index (χ0v) is 13.8. The van der Waals surface area contributed by atoms with E-state index in [4.69, 9.17) is 4.74 Å². The third-order valence-corrected chi connectivity index (χ3v) is 3.83. The Morgan fingerprint density at radius 2 is 1.88 bits per heavy atom. The molecule has 0 aromatic heterocycles. The molecule has 1 N–H and O–H groups in total. The quantitative estimate of drug-likeness (QED) is 0.670. The minimum absolute atomic E-state index is 0.0864. The van der Waals surface area contributed by atoms with Gasteiger partial charge >= 0.3 is 12.1 Å². The van der Waals surface area contributed by atoms with Crippen LogP contribution >= 0.6 is 0 Å². The predicted molar refractivity (Wildman–Crippen MR) is 89.1 cm³/mol. The molecular weight excluding hydrogens is 349 g/mol. The van der Waals surface area contributed by atoms with E-state index in [1.165, 1.54) is 12.1 Å². The van der Waals surface area contributed by atoms with Gasteiger partial charge in [-0.3, -0.25) is 4.79 Å². The summed E-state index contributed by atoms with van der Waals surface area (Å²) in [6, 6.07) is 9.40. The maximum Gasteiger partial charge on any atom is 0.416 e. The van der Waals surface area contributed by atoms with Crippen LogP contribution in [0.2, 0.25) is 0 Å². The summed E-state index contributed by atoms with van der Waals surface area (Å²) in [6.07, 6.45) is -4.43. The number of hydrogen-bond acceptors (Lipinski definition) is 4. The van der Waals surface area contributed by atoms with Crippen LogP contribution in [0.25, 0.3) is 0 Å². The minimum Gasteiger partial charge on any atom is -0.423 e. The molecule has 5 nitrogen and oxygen atoms in total. The third-order valence-electron chi connectivity index (χ3n) is 3.83. The SMILES string of the molecule is Cc1ccc2c(c1)N(CC(=O)Nc1ccc(C(F)(F)F)cc1)CC(=O)O2. The number of anilines is 2. The number of amides is 1. The molecule has 8 heteroatoms. The van der Waals surface area contributed by atoms with Crippen LogP contribution in [-0.4, -0.2) is 25.0 Å². The van der Waals surface area contributed by atoms with E-state index < -0.39 is 23.6 Å². The lowest BCUT2D eigenvalue weighted by atomic mass is 10.1. The average Bonchev–Trinajstić information content (AvgIpc) is 2.55. The predicted octanol–water partition coefficient (Wildman–Crippen LogP) is 3.38. The smallest absolute Gasteiger partial charge is 0.416 e. The fraction of sp³-hybridized carbons (Fsp3) is 0.222. The van der Waals surface area contributed by atoms with Gasteiger partial charge in [0, 0.05) is 5.69 Å². The van der Waals surface area contributed by atoms with Gasteiger partial charge in [-0.15, -0.1) is 0 Å². The molecule has 0 atom stereocenters. The van der Waals surface area contributed by atoms with Crippen molar-refractivity contribution in [3.63, 3.8) is 0 Å². The first-order valence-electron chi connectivity index (χ1n) is 7.76. The molecule has 0 saturated carbocycles. The van der Waals surface area contributed by atoms with Crippen LogP contribution in [0.1, 0.15) is 11.1 Å². The van der Waals surface area contributed by atoms with E-state index in [0.29, 0.717) is 11.4 Å². The Balaban J connectivity index is 1.71. The van der Waals surface area contributed by atoms with Crippen LogP contribution in [0.5, 0.6) is 5.75 Å². The second-order valence-corrected chi connectivity index (χ2v) is 5.92. The van der Waals surface area contributed by atoms with Crippen molar-refractivity contribution in [2.75, 3.05) is 23.3 Å². The molecule has 0 bridgehead atoms. The summed E-state index contributed by atoms with van der Waals surface area (Å²) in [4.78, 5) is 25.5. The van der Waals surface area contributed by atoms with Crippen molar-refractivity contribution in [2.45, 2.75) is 13.1 Å². The second-order valence-electron chi connectivity index (χ2n) is 5.92. The van der Waals surface area contributed by atoms with Gasteiger partial charge in [0.1, 0.15) is 6.54 Å². The van der Waals surface area contributed by atoms with Crippen LogP contribution in [-0.2, 0) is 15.8 Å². The van der Waals surface area contributed by atoms with E-state index in [1.54, 1.807) is 23.1 Å². The van der Waals surface area contributed by atoms with Gasteiger partial charge in [-0.1, -0.05) is 6.07 Å². The molecule has 0 fully saturated rings. The molecule has 26 heavy (non-hydrogen) atoms. The second kappa shape index (κ2) is 6.70. The summed E-state index contributed by atoms with van der Waals surface area (Å²) in [7, 11) is 0. The molecule has 0 radical (unpaired) electrons. The van der Waals surface area contributed by atoms with Crippen LogP contribution in [0.15, 0.2) is 42.5 Å². The van der Waals surface area contributed by atoms with Gasteiger partial charge in [-0.2, -0.15) is 13.2 Å². The molecule has 0 aliphatic carbocycles. The van der Waals surface area contributed by atoms with Crippen LogP contribution in [0, 0.1) is 6.92 Å². The number of rotatable bonds is 3. The fourth-order valence-corrected chi connectivity index (χ4v) is 2.61. The maximum atomic E-state index is 12.6. The highest BCUT2D eigenvalue weighted by Gasteiger charge is 2.30. The normalized spacial score (nSPS) is 13.8. The first kappa shape index (κ1) is 17.8. The summed E-state index contributed by atoms with van der Waals surface area (Å²) in [6.45, 7) is 1.65. The lowest BCUT2D eigenvalue weighted by Crippen LogP contribution is -2.41. The van der Waals surface area contributed by atoms with Crippen molar-refractivity contribution in [3.05, 3.63) is 53.6 Å². The zero-order chi connectivity index (χ0) is 18.9. The third kappa shape index (κ3) is 3.96. The molecule has 0 saturated heterocycles. The number of nitrogens with one attached hydrogen (secondary N) is 1. The number of benzene rings is 2. The lowest BCUT2D eigenvalue weighted by molar-refractivity contribution is -0.137. The number of alkyl halides is 3. The summed E-state index contributed by atoms with van der Waals surface area (Å²) >= 11 is 0. The summed E-state index contributed by atoms with van der Waals surface area (Å²) < 4.78 is 42.8. The number of hydrogen-bond donors (Lipinski definition) is 1. The Hall–Kier alpha value is -3.03. The standard InChI is InChI=1S/C18H15F3N2O3/c1-11-2-7-15-14(8-11)23(10-17(25)26-15)9-16(24)22-13-5-3-12(4-6-13)18(19,20)21/h2-8H,9-10H2,1H3,(H,22,24). The van der Waals surface area contributed by atoms with Gasteiger partial charge < -0.3 is 15.0 Å². The maximum absolute atomic E-state index is 12.6. The number of fused-ring (bicyclic) bond motifs is 1. The van der Waals surface area contributed by atoms with Crippen molar-refractivity contribution >= 4 is 23.3 Å². The highest BCUT2D eigenvalue weighted by molar-refractivity contribution is 5.96. The summed E-state index contributed by atoms with van der Waals surface area (Å²) in [5.74, 6) is -0.565. The molecule has 2 aromatic rings. The molecule has 1 aliphatic rings. The molecule has 0 spiro atoms. The van der Waals surface area contributed by atoms with Crippen LogP contribution in [0.4, 0.5) is 24.5 Å². The molecule has 1 amide bonds. The van der Waals surface area contributed by atoms with Crippen molar-refractivity contribution in [1.82, 2.24) is 0 Å². The number of ether oxygens (including phenoxy) is 1. The van der Waals surface area contributed by atoms with Gasteiger partial charge in [0.2, 0.25) is 5.91 Å². The Labute approximate surface area is 147 Å². The van der Waals surface area contributed by atoms with Crippen molar-refractivity contribution in [2.24, 2.45) is 0 Å². The number of esters is 1. The largest absolute Gasteiger partial charge is 0.423 e. The Kier molecular flexibility index (Phi) is 4.58. The molecule has 0 unspecified atom stereocenters. The highest BCUT2D eigenvalue weighted by Crippen LogP contribution is 2.33. The van der Waals surface area contributed by atoms with Crippen LogP contribution in [0.3, 0.4) is 0 Å². The van der Waals surface area contributed by atoms with Gasteiger partial charge in [-0.25, -0.2) is 4.79 Å². The molecule has 3 rings (SSSR count). The van der Waals surface area contributed by atoms with Crippen molar-refractivity contribution < 1.29 is 27.5 Å². The van der Waals surface area contributed by atoms with Gasteiger partial charge in [0.15, 0.2) is 5.75 Å². The molecule has 1 heterocycles. The van der Waals surface area contributed by atoms with Crippen molar-refractivity contribution in [1.29, 1.82) is 0 Å².